The second-order valence-electron chi connectivity index (χ2n) is 3.50. The van der Waals surface area contributed by atoms with Gasteiger partial charge >= 0.3 is 0 Å². The van der Waals surface area contributed by atoms with E-state index in [0.717, 1.165) is 16.3 Å². The van der Waals surface area contributed by atoms with Gasteiger partial charge in [0, 0.05) is 17.1 Å². The van der Waals surface area contributed by atoms with E-state index in [4.69, 9.17) is 11.6 Å². The van der Waals surface area contributed by atoms with Crippen molar-refractivity contribution in [2.75, 3.05) is 7.05 Å². The van der Waals surface area contributed by atoms with Crippen LogP contribution in [0.5, 0.6) is 5.75 Å². The quantitative estimate of drug-likeness (QED) is 0.818. The van der Waals surface area contributed by atoms with Crippen molar-refractivity contribution in [3.05, 3.63) is 40.9 Å². The smallest absolute Gasteiger partial charge is 0.120 e. The van der Waals surface area contributed by atoms with Crippen LogP contribution in [0.15, 0.2) is 30.3 Å². The predicted molar refractivity (Wildman–Crippen MR) is 63.4 cm³/mol. The van der Waals surface area contributed by atoms with Crippen molar-refractivity contribution < 1.29 is 5.11 Å². The van der Waals surface area contributed by atoms with Crippen LogP contribution in [0, 0.1) is 0 Å². The average molecular weight is 222 g/mol. The Balaban J connectivity index is 2.61. The maximum atomic E-state index is 9.74. The number of aromatic hydroxyl groups is 1. The maximum absolute atomic E-state index is 9.74. The van der Waals surface area contributed by atoms with E-state index in [1.54, 1.807) is 6.07 Å². The average Bonchev–Trinajstić information content (AvgIpc) is 2.20. The monoisotopic (exact) mass is 221 g/mol. The lowest BCUT2D eigenvalue weighted by Crippen LogP contribution is -2.05. The molecule has 2 aromatic rings. The molecule has 0 aliphatic heterocycles. The summed E-state index contributed by atoms with van der Waals surface area (Å²) in [6.07, 6.45) is 0. The zero-order valence-electron chi connectivity index (χ0n) is 8.42. The molecule has 0 saturated carbocycles. The Kier molecular flexibility index (Phi) is 2.80. The standard InChI is InChI=1S/C12H12ClNO/c1-14-7-10-4-9-5-11(13)3-2-8(9)6-12(10)15/h2-6,14-15H,7H2,1H3. The fourth-order valence-electron chi connectivity index (χ4n) is 1.64. The Hall–Kier alpha value is -1.25. The van der Waals surface area contributed by atoms with E-state index in [0.29, 0.717) is 17.3 Å². The number of rotatable bonds is 2. The highest BCUT2D eigenvalue weighted by molar-refractivity contribution is 6.31. The molecule has 78 valence electrons. The SMILES string of the molecule is CNCc1cc2cc(Cl)ccc2cc1O. The largest absolute Gasteiger partial charge is 0.508 e. The van der Waals surface area contributed by atoms with Crippen molar-refractivity contribution in [3.63, 3.8) is 0 Å². The fraction of sp³-hybridized carbons (Fsp3) is 0.167. The molecule has 3 heteroatoms. The lowest BCUT2D eigenvalue weighted by Gasteiger charge is -2.06. The number of hydrogen-bond donors (Lipinski definition) is 2. The van der Waals surface area contributed by atoms with Crippen LogP contribution in [0.1, 0.15) is 5.56 Å². The summed E-state index contributed by atoms with van der Waals surface area (Å²) in [5, 5.41) is 15.5. The van der Waals surface area contributed by atoms with Gasteiger partial charge in [-0.2, -0.15) is 0 Å². The van der Waals surface area contributed by atoms with E-state index in [2.05, 4.69) is 5.32 Å². The van der Waals surface area contributed by atoms with Gasteiger partial charge in [0.25, 0.3) is 0 Å². The first kappa shape index (κ1) is 10.3. The molecule has 2 N–H and O–H groups in total. The van der Waals surface area contributed by atoms with Crippen LogP contribution in [0.4, 0.5) is 0 Å². The number of benzene rings is 2. The molecule has 0 aliphatic rings. The minimum absolute atomic E-state index is 0.319. The predicted octanol–water partition coefficient (Wildman–Crippen LogP) is 2.92. The van der Waals surface area contributed by atoms with Gasteiger partial charge in [-0.3, -0.25) is 0 Å². The molecule has 0 unspecified atom stereocenters. The Labute approximate surface area is 93.5 Å². The first-order chi connectivity index (χ1) is 7.20. The zero-order valence-corrected chi connectivity index (χ0v) is 9.17. The molecule has 2 rings (SSSR count). The van der Waals surface area contributed by atoms with Gasteiger partial charge in [0.15, 0.2) is 0 Å². The van der Waals surface area contributed by atoms with Crippen LogP contribution in [-0.2, 0) is 6.54 Å². The molecule has 0 fully saturated rings. The number of nitrogens with one attached hydrogen (secondary N) is 1. The third-order valence-electron chi connectivity index (χ3n) is 2.37. The van der Waals surface area contributed by atoms with Crippen molar-refractivity contribution in [1.82, 2.24) is 5.32 Å². The molecule has 0 heterocycles. The highest BCUT2D eigenvalue weighted by Gasteiger charge is 2.03. The molecule has 0 aliphatic carbocycles. The van der Waals surface area contributed by atoms with Gasteiger partial charge in [0.1, 0.15) is 5.75 Å². The molecule has 2 nitrogen and oxygen atoms in total. The maximum Gasteiger partial charge on any atom is 0.120 e. The Morgan fingerprint density at radius 3 is 2.73 bits per heavy atom. The summed E-state index contributed by atoms with van der Waals surface area (Å²) in [7, 11) is 1.85. The van der Waals surface area contributed by atoms with E-state index in [9.17, 15) is 5.11 Å². The summed E-state index contributed by atoms with van der Waals surface area (Å²) in [6, 6.07) is 9.34. The van der Waals surface area contributed by atoms with E-state index >= 15 is 0 Å². The van der Waals surface area contributed by atoms with E-state index in [1.807, 2.05) is 31.3 Å². The summed E-state index contributed by atoms with van der Waals surface area (Å²) < 4.78 is 0. The Morgan fingerprint density at radius 1 is 1.20 bits per heavy atom. The topological polar surface area (TPSA) is 32.3 Å². The third-order valence-corrected chi connectivity index (χ3v) is 2.60. The molecule has 0 spiro atoms. The molecular formula is C12H12ClNO. The normalized spacial score (nSPS) is 10.8. The molecule has 0 radical (unpaired) electrons. The van der Waals surface area contributed by atoms with Crippen molar-refractivity contribution in [1.29, 1.82) is 0 Å². The van der Waals surface area contributed by atoms with Crippen molar-refractivity contribution >= 4 is 22.4 Å². The number of fused-ring (bicyclic) bond motifs is 1. The molecule has 0 aromatic heterocycles. The highest BCUT2D eigenvalue weighted by atomic mass is 35.5. The van der Waals surface area contributed by atoms with E-state index in [-0.39, 0.29) is 0 Å². The van der Waals surface area contributed by atoms with Crippen molar-refractivity contribution in [2.45, 2.75) is 6.54 Å². The number of phenolic OH excluding ortho intramolecular Hbond substituents is 1. The third kappa shape index (κ3) is 2.06. The second kappa shape index (κ2) is 4.09. The number of phenols is 1. The van der Waals surface area contributed by atoms with Gasteiger partial charge in [-0.25, -0.2) is 0 Å². The fourth-order valence-corrected chi connectivity index (χ4v) is 1.82. The number of hydrogen-bond acceptors (Lipinski definition) is 2. The molecule has 0 bridgehead atoms. The van der Waals surface area contributed by atoms with E-state index in [1.165, 1.54) is 0 Å². The Bertz CT molecular complexity index is 496. The van der Waals surface area contributed by atoms with Gasteiger partial charge in [0.05, 0.1) is 0 Å². The van der Waals surface area contributed by atoms with Gasteiger partial charge in [0.2, 0.25) is 0 Å². The zero-order chi connectivity index (χ0) is 10.8. The summed E-state index contributed by atoms with van der Waals surface area (Å²) in [4.78, 5) is 0. The number of halogens is 1. The molecule has 0 atom stereocenters. The summed E-state index contributed by atoms with van der Waals surface area (Å²) in [5.74, 6) is 0.319. The summed E-state index contributed by atoms with van der Waals surface area (Å²) in [5.41, 5.74) is 0.882. The van der Waals surface area contributed by atoms with Crippen molar-refractivity contribution in [2.24, 2.45) is 0 Å². The van der Waals surface area contributed by atoms with Crippen LogP contribution < -0.4 is 5.32 Å². The molecule has 0 amide bonds. The van der Waals surface area contributed by atoms with Gasteiger partial charge < -0.3 is 10.4 Å². The summed E-state index contributed by atoms with van der Waals surface area (Å²) in [6.45, 7) is 0.647. The van der Waals surface area contributed by atoms with Crippen LogP contribution in [0.3, 0.4) is 0 Å². The van der Waals surface area contributed by atoms with Gasteiger partial charge in [-0.15, -0.1) is 0 Å². The van der Waals surface area contributed by atoms with E-state index < -0.39 is 0 Å². The first-order valence-electron chi connectivity index (χ1n) is 4.76. The minimum Gasteiger partial charge on any atom is -0.508 e. The molecular weight excluding hydrogens is 210 g/mol. The van der Waals surface area contributed by atoms with Crippen LogP contribution >= 0.6 is 11.6 Å². The Morgan fingerprint density at radius 2 is 2.00 bits per heavy atom. The van der Waals surface area contributed by atoms with Gasteiger partial charge in [-0.05, 0) is 42.1 Å². The lowest BCUT2D eigenvalue weighted by molar-refractivity contribution is 0.467. The molecule has 15 heavy (non-hydrogen) atoms. The van der Waals surface area contributed by atoms with Crippen LogP contribution in [-0.4, -0.2) is 12.2 Å². The lowest BCUT2D eigenvalue weighted by atomic mass is 10.1. The second-order valence-corrected chi connectivity index (χ2v) is 3.94. The van der Waals surface area contributed by atoms with Gasteiger partial charge in [-0.1, -0.05) is 17.7 Å². The van der Waals surface area contributed by atoms with Crippen molar-refractivity contribution in [3.8, 4) is 5.75 Å². The summed E-state index contributed by atoms with van der Waals surface area (Å²) >= 11 is 5.91. The first-order valence-corrected chi connectivity index (χ1v) is 5.14. The van der Waals surface area contributed by atoms with Crippen LogP contribution in [0.25, 0.3) is 10.8 Å². The highest BCUT2D eigenvalue weighted by Crippen LogP contribution is 2.26. The minimum atomic E-state index is 0.319. The molecule has 0 saturated heterocycles. The molecule has 2 aromatic carbocycles. The van der Waals surface area contributed by atoms with Crippen LogP contribution in [0.2, 0.25) is 5.02 Å².